The first kappa shape index (κ1) is 11.7. The van der Waals surface area contributed by atoms with Crippen molar-refractivity contribution in [3.63, 3.8) is 0 Å². The number of nitrogens with zero attached hydrogens (tertiary/aromatic N) is 2. The number of likely N-dealkylation sites (tertiary alicyclic amines) is 1. The zero-order chi connectivity index (χ0) is 11.4. The summed E-state index contributed by atoms with van der Waals surface area (Å²) in [5.41, 5.74) is 0. The van der Waals surface area contributed by atoms with Gasteiger partial charge in [0, 0.05) is 32.7 Å². The Morgan fingerprint density at radius 2 is 2.38 bits per heavy atom. The molecule has 2 fully saturated rings. The molecule has 0 aromatic heterocycles. The van der Waals surface area contributed by atoms with E-state index in [0.29, 0.717) is 0 Å². The predicted octanol–water partition coefficient (Wildman–Crippen LogP) is -0.447. The van der Waals surface area contributed by atoms with Crippen molar-refractivity contribution in [1.29, 1.82) is 0 Å². The van der Waals surface area contributed by atoms with Crippen LogP contribution in [0.25, 0.3) is 0 Å². The largest absolute Gasteiger partial charge is 0.336 e. The fourth-order valence-corrected chi connectivity index (χ4v) is 2.44. The molecule has 2 aliphatic rings. The minimum Gasteiger partial charge on any atom is -0.336 e. The molecule has 0 saturated carbocycles. The van der Waals surface area contributed by atoms with E-state index in [1.807, 2.05) is 4.90 Å². The zero-order valence-electron chi connectivity index (χ0n) is 10.0. The summed E-state index contributed by atoms with van der Waals surface area (Å²) in [7, 11) is 2.18. The van der Waals surface area contributed by atoms with Crippen molar-refractivity contribution in [2.45, 2.75) is 6.42 Å². The van der Waals surface area contributed by atoms with Gasteiger partial charge in [0.25, 0.3) is 0 Å². The number of rotatable bonds is 5. The standard InChI is InChI=1S/C11H22N4O/c1-14-5-2-10(9-14)8-12-3-6-15-7-4-13-11(15)16/h10,12H,2-9H2,1H3,(H,13,16). The maximum Gasteiger partial charge on any atom is 0.317 e. The van der Waals surface area contributed by atoms with Crippen molar-refractivity contribution in [3.8, 4) is 0 Å². The van der Waals surface area contributed by atoms with Gasteiger partial charge in [0.15, 0.2) is 0 Å². The van der Waals surface area contributed by atoms with Crippen molar-refractivity contribution < 1.29 is 4.79 Å². The van der Waals surface area contributed by atoms with Crippen molar-refractivity contribution in [3.05, 3.63) is 0 Å². The van der Waals surface area contributed by atoms with Crippen molar-refractivity contribution in [2.75, 3.05) is 52.9 Å². The third-order valence-electron chi connectivity index (χ3n) is 3.43. The minimum absolute atomic E-state index is 0.0856. The van der Waals surface area contributed by atoms with Crippen molar-refractivity contribution >= 4 is 6.03 Å². The average Bonchev–Trinajstić information content (AvgIpc) is 2.83. The van der Waals surface area contributed by atoms with Crippen LogP contribution < -0.4 is 10.6 Å². The van der Waals surface area contributed by atoms with E-state index in [-0.39, 0.29) is 6.03 Å². The van der Waals surface area contributed by atoms with E-state index < -0.39 is 0 Å². The van der Waals surface area contributed by atoms with Crippen LogP contribution >= 0.6 is 0 Å². The van der Waals surface area contributed by atoms with Gasteiger partial charge in [-0.1, -0.05) is 0 Å². The summed E-state index contributed by atoms with van der Waals surface area (Å²) in [6.45, 7) is 6.90. The van der Waals surface area contributed by atoms with Gasteiger partial charge in [-0.2, -0.15) is 0 Å². The predicted molar refractivity (Wildman–Crippen MR) is 63.4 cm³/mol. The first-order chi connectivity index (χ1) is 7.75. The van der Waals surface area contributed by atoms with Gasteiger partial charge >= 0.3 is 6.03 Å². The van der Waals surface area contributed by atoms with Gasteiger partial charge in [-0.15, -0.1) is 0 Å². The average molecular weight is 226 g/mol. The van der Waals surface area contributed by atoms with Crippen LogP contribution in [-0.2, 0) is 0 Å². The number of urea groups is 1. The van der Waals surface area contributed by atoms with Gasteiger partial charge in [-0.25, -0.2) is 4.79 Å². The number of amides is 2. The molecule has 2 amide bonds. The zero-order valence-corrected chi connectivity index (χ0v) is 10.0. The number of carbonyl (C=O) groups is 1. The monoisotopic (exact) mass is 226 g/mol. The lowest BCUT2D eigenvalue weighted by Gasteiger charge is -2.16. The molecule has 5 nitrogen and oxygen atoms in total. The van der Waals surface area contributed by atoms with Gasteiger partial charge in [0.05, 0.1) is 0 Å². The van der Waals surface area contributed by atoms with E-state index in [1.54, 1.807) is 0 Å². The Bertz CT molecular complexity index is 246. The van der Waals surface area contributed by atoms with Crippen molar-refractivity contribution in [1.82, 2.24) is 20.4 Å². The van der Waals surface area contributed by atoms with E-state index >= 15 is 0 Å². The molecule has 0 radical (unpaired) electrons. The molecule has 2 N–H and O–H groups in total. The number of carbonyl (C=O) groups excluding carboxylic acids is 1. The molecule has 2 heterocycles. The normalized spacial score (nSPS) is 26.4. The Labute approximate surface area is 97.2 Å². The molecular formula is C11H22N4O. The summed E-state index contributed by atoms with van der Waals surface area (Å²) in [5, 5.41) is 6.26. The van der Waals surface area contributed by atoms with E-state index in [4.69, 9.17) is 0 Å². The fourth-order valence-electron chi connectivity index (χ4n) is 2.44. The quantitative estimate of drug-likeness (QED) is 0.624. The maximum absolute atomic E-state index is 11.2. The van der Waals surface area contributed by atoms with Crippen LogP contribution in [-0.4, -0.2) is 68.7 Å². The fraction of sp³-hybridized carbons (Fsp3) is 0.909. The highest BCUT2D eigenvalue weighted by Gasteiger charge is 2.20. The molecule has 1 unspecified atom stereocenters. The van der Waals surface area contributed by atoms with Gasteiger partial charge in [-0.3, -0.25) is 0 Å². The third kappa shape index (κ3) is 3.09. The number of hydrogen-bond acceptors (Lipinski definition) is 3. The van der Waals surface area contributed by atoms with Crippen LogP contribution in [0.3, 0.4) is 0 Å². The molecule has 0 aliphatic carbocycles. The molecule has 16 heavy (non-hydrogen) atoms. The van der Waals surface area contributed by atoms with E-state index in [2.05, 4.69) is 22.6 Å². The second-order valence-corrected chi connectivity index (χ2v) is 4.84. The molecule has 92 valence electrons. The highest BCUT2D eigenvalue weighted by molar-refractivity contribution is 5.76. The molecule has 0 aromatic rings. The van der Waals surface area contributed by atoms with Crippen LogP contribution in [0.2, 0.25) is 0 Å². The van der Waals surface area contributed by atoms with Gasteiger partial charge in [-0.05, 0) is 32.5 Å². The number of hydrogen-bond donors (Lipinski definition) is 2. The second-order valence-electron chi connectivity index (χ2n) is 4.84. The van der Waals surface area contributed by atoms with E-state index in [0.717, 1.165) is 38.6 Å². The Morgan fingerprint density at radius 1 is 1.50 bits per heavy atom. The van der Waals surface area contributed by atoms with Crippen LogP contribution in [0.5, 0.6) is 0 Å². The molecule has 2 rings (SSSR count). The van der Waals surface area contributed by atoms with Gasteiger partial charge in [0.1, 0.15) is 0 Å². The Balaban J connectivity index is 1.53. The third-order valence-corrected chi connectivity index (χ3v) is 3.43. The lowest BCUT2D eigenvalue weighted by atomic mass is 10.1. The van der Waals surface area contributed by atoms with Crippen LogP contribution in [0.1, 0.15) is 6.42 Å². The van der Waals surface area contributed by atoms with Crippen LogP contribution in [0.4, 0.5) is 4.79 Å². The summed E-state index contributed by atoms with van der Waals surface area (Å²) in [4.78, 5) is 15.5. The smallest absolute Gasteiger partial charge is 0.317 e. The molecule has 0 bridgehead atoms. The summed E-state index contributed by atoms with van der Waals surface area (Å²) in [6.07, 6.45) is 1.30. The Morgan fingerprint density at radius 3 is 3.00 bits per heavy atom. The summed E-state index contributed by atoms with van der Waals surface area (Å²) in [5.74, 6) is 0.789. The number of nitrogens with one attached hydrogen (secondary N) is 2. The minimum atomic E-state index is 0.0856. The molecule has 5 heteroatoms. The molecule has 0 spiro atoms. The second kappa shape index (κ2) is 5.50. The molecule has 0 aromatic carbocycles. The molecular weight excluding hydrogens is 204 g/mol. The van der Waals surface area contributed by atoms with Crippen LogP contribution in [0.15, 0.2) is 0 Å². The van der Waals surface area contributed by atoms with E-state index in [9.17, 15) is 4.79 Å². The van der Waals surface area contributed by atoms with Gasteiger partial charge < -0.3 is 20.4 Å². The first-order valence-electron chi connectivity index (χ1n) is 6.18. The molecule has 1 atom stereocenters. The highest BCUT2D eigenvalue weighted by atomic mass is 16.2. The van der Waals surface area contributed by atoms with Gasteiger partial charge in [0.2, 0.25) is 0 Å². The topological polar surface area (TPSA) is 47.6 Å². The Kier molecular flexibility index (Phi) is 4.01. The molecule has 2 aliphatic heterocycles. The molecule has 2 saturated heterocycles. The summed E-state index contributed by atoms with van der Waals surface area (Å²) in [6, 6.07) is 0.0856. The first-order valence-corrected chi connectivity index (χ1v) is 6.18. The summed E-state index contributed by atoms with van der Waals surface area (Å²) >= 11 is 0. The van der Waals surface area contributed by atoms with E-state index in [1.165, 1.54) is 19.5 Å². The summed E-state index contributed by atoms with van der Waals surface area (Å²) < 4.78 is 0. The van der Waals surface area contributed by atoms with Crippen LogP contribution in [0, 0.1) is 5.92 Å². The van der Waals surface area contributed by atoms with Crippen molar-refractivity contribution in [2.24, 2.45) is 5.92 Å². The lowest BCUT2D eigenvalue weighted by Crippen LogP contribution is -2.36. The maximum atomic E-state index is 11.2. The SMILES string of the molecule is CN1CCC(CNCCN2CCNC2=O)C1. The lowest BCUT2D eigenvalue weighted by molar-refractivity contribution is 0.217. The Hall–Kier alpha value is -0.810. The highest BCUT2D eigenvalue weighted by Crippen LogP contribution is 2.12.